The molecule has 0 spiro atoms. The van der Waals surface area contributed by atoms with Gasteiger partial charge in [-0.3, -0.25) is 4.79 Å². The quantitative estimate of drug-likeness (QED) is 0.809. The molecule has 0 saturated carbocycles. The summed E-state index contributed by atoms with van der Waals surface area (Å²) < 4.78 is 4.60. The Labute approximate surface area is 110 Å². The van der Waals surface area contributed by atoms with Gasteiger partial charge in [-0.15, -0.1) is 0 Å². The van der Waals surface area contributed by atoms with Gasteiger partial charge in [-0.2, -0.15) is 0 Å². The lowest BCUT2D eigenvalue weighted by atomic mass is 10.1. The summed E-state index contributed by atoms with van der Waals surface area (Å²) in [5, 5.41) is 12.0. The molecule has 0 saturated heterocycles. The van der Waals surface area contributed by atoms with Gasteiger partial charge in [0.15, 0.2) is 0 Å². The number of esters is 1. The van der Waals surface area contributed by atoms with Gasteiger partial charge in [0, 0.05) is 18.4 Å². The Balaban J connectivity index is 2.88. The second kappa shape index (κ2) is 6.26. The van der Waals surface area contributed by atoms with Crippen molar-refractivity contribution in [2.75, 3.05) is 7.11 Å². The van der Waals surface area contributed by atoms with Crippen LogP contribution in [-0.2, 0) is 20.7 Å². The summed E-state index contributed by atoms with van der Waals surface area (Å²) in [7, 11) is 1.25. The van der Waals surface area contributed by atoms with Crippen molar-refractivity contribution in [1.82, 2.24) is 5.32 Å². The van der Waals surface area contributed by atoms with Crippen molar-refractivity contribution >= 4 is 23.5 Å². The minimum absolute atomic E-state index is 0.0397. The van der Waals surface area contributed by atoms with Gasteiger partial charge in [-0.25, -0.2) is 4.79 Å². The third-order valence-electron chi connectivity index (χ3n) is 2.32. The summed E-state index contributed by atoms with van der Waals surface area (Å²) in [6.45, 7) is 1.31. The average Bonchev–Trinajstić information content (AvgIpc) is 2.30. The van der Waals surface area contributed by atoms with Crippen molar-refractivity contribution < 1.29 is 19.4 Å². The number of ether oxygens (including phenoxy) is 1. The van der Waals surface area contributed by atoms with Crippen LogP contribution in [0.1, 0.15) is 12.5 Å². The Morgan fingerprint density at radius 1 is 1.50 bits per heavy atom. The molecule has 2 N–H and O–H groups in total. The number of amides is 1. The van der Waals surface area contributed by atoms with Crippen LogP contribution in [0.2, 0.25) is 5.02 Å². The van der Waals surface area contributed by atoms with Gasteiger partial charge in [0.25, 0.3) is 0 Å². The number of benzene rings is 1. The van der Waals surface area contributed by atoms with E-state index < -0.39 is 12.0 Å². The molecule has 1 aromatic rings. The summed E-state index contributed by atoms with van der Waals surface area (Å²) in [5.41, 5.74) is 0.638. The number of hydrogen-bond acceptors (Lipinski definition) is 4. The van der Waals surface area contributed by atoms with E-state index in [1.165, 1.54) is 26.2 Å². The maximum atomic E-state index is 11.5. The van der Waals surface area contributed by atoms with Crippen LogP contribution >= 0.6 is 11.6 Å². The molecule has 1 atom stereocenters. The molecule has 1 rings (SSSR count). The van der Waals surface area contributed by atoms with Crippen LogP contribution < -0.4 is 5.32 Å². The number of aromatic hydroxyl groups is 1. The van der Waals surface area contributed by atoms with E-state index >= 15 is 0 Å². The van der Waals surface area contributed by atoms with E-state index in [-0.39, 0.29) is 18.1 Å². The molecule has 6 heteroatoms. The van der Waals surface area contributed by atoms with Gasteiger partial charge in [0.1, 0.15) is 11.8 Å². The van der Waals surface area contributed by atoms with Gasteiger partial charge in [0.2, 0.25) is 5.91 Å². The SMILES string of the molecule is COC(=O)C(Cc1ccc(O)cc1Cl)NC(C)=O. The fourth-order valence-corrected chi connectivity index (χ4v) is 1.75. The normalized spacial score (nSPS) is 11.7. The van der Waals surface area contributed by atoms with Crippen molar-refractivity contribution in [3.05, 3.63) is 28.8 Å². The molecule has 0 heterocycles. The van der Waals surface area contributed by atoms with E-state index in [2.05, 4.69) is 10.1 Å². The molecule has 0 bridgehead atoms. The van der Waals surface area contributed by atoms with Gasteiger partial charge >= 0.3 is 5.97 Å². The lowest BCUT2D eigenvalue weighted by Crippen LogP contribution is -2.42. The highest BCUT2D eigenvalue weighted by atomic mass is 35.5. The zero-order valence-corrected chi connectivity index (χ0v) is 10.8. The molecule has 0 fully saturated rings. The number of hydrogen-bond donors (Lipinski definition) is 2. The van der Waals surface area contributed by atoms with Crippen LogP contribution in [0.5, 0.6) is 5.75 Å². The van der Waals surface area contributed by atoms with Crippen LogP contribution in [0.4, 0.5) is 0 Å². The smallest absolute Gasteiger partial charge is 0.328 e. The standard InChI is InChI=1S/C12H14ClNO4/c1-7(15)14-11(12(17)18-2)5-8-3-4-9(16)6-10(8)13/h3-4,6,11,16H,5H2,1-2H3,(H,14,15). The number of halogens is 1. The lowest BCUT2D eigenvalue weighted by molar-refractivity contribution is -0.144. The van der Waals surface area contributed by atoms with Gasteiger partial charge in [0.05, 0.1) is 7.11 Å². The monoisotopic (exact) mass is 271 g/mol. The zero-order chi connectivity index (χ0) is 13.7. The van der Waals surface area contributed by atoms with Crippen molar-refractivity contribution in [1.29, 1.82) is 0 Å². The van der Waals surface area contributed by atoms with Crippen LogP contribution in [0.25, 0.3) is 0 Å². The summed E-state index contributed by atoms with van der Waals surface area (Å²) >= 11 is 5.93. The summed E-state index contributed by atoms with van der Waals surface area (Å²) in [6.07, 6.45) is 0.200. The first-order valence-electron chi connectivity index (χ1n) is 5.26. The topological polar surface area (TPSA) is 75.6 Å². The molecule has 0 aliphatic rings. The molecular weight excluding hydrogens is 258 g/mol. The highest BCUT2D eigenvalue weighted by Gasteiger charge is 2.21. The second-order valence-corrected chi connectivity index (χ2v) is 4.16. The van der Waals surface area contributed by atoms with E-state index in [1.807, 2.05) is 0 Å². The largest absolute Gasteiger partial charge is 0.508 e. The number of rotatable bonds is 4. The Morgan fingerprint density at radius 2 is 2.17 bits per heavy atom. The summed E-state index contributed by atoms with van der Waals surface area (Å²) in [5.74, 6) is -0.840. The van der Waals surface area contributed by atoms with E-state index in [0.29, 0.717) is 10.6 Å². The molecule has 1 unspecified atom stereocenters. The average molecular weight is 272 g/mol. The minimum atomic E-state index is -0.797. The number of nitrogens with one attached hydrogen (secondary N) is 1. The highest BCUT2D eigenvalue weighted by Crippen LogP contribution is 2.22. The maximum absolute atomic E-state index is 11.5. The highest BCUT2D eigenvalue weighted by molar-refractivity contribution is 6.31. The molecule has 5 nitrogen and oxygen atoms in total. The van der Waals surface area contributed by atoms with E-state index in [9.17, 15) is 14.7 Å². The Hall–Kier alpha value is -1.75. The van der Waals surface area contributed by atoms with Crippen molar-refractivity contribution in [3.8, 4) is 5.75 Å². The number of methoxy groups -OCH3 is 1. The molecule has 1 aromatic carbocycles. The second-order valence-electron chi connectivity index (χ2n) is 3.76. The molecule has 1 amide bonds. The molecule has 0 aliphatic carbocycles. The van der Waals surface area contributed by atoms with Crippen LogP contribution in [0.15, 0.2) is 18.2 Å². The first kappa shape index (κ1) is 14.3. The van der Waals surface area contributed by atoms with Gasteiger partial charge in [-0.05, 0) is 17.7 Å². The van der Waals surface area contributed by atoms with Crippen LogP contribution in [0, 0.1) is 0 Å². The molecule has 18 heavy (non-hydrogen) atoms. The zero-order valence-electron chi connectivity index (χ0n) is 10.1. The fourth-order valence-electron chi connectivity index (χ4n) is 1.50. The Bertz CT molecular complexity index is 461. The first-order valence-corrected chi connectivity index (χ1v) is 5.64. The van der Waals surface area contributed by atoms with Crippen molar-refractivity contribution in [2.24, 2.45) is 0 Å². The van der Waals surface area contributed by atoms with Crippen LogP contribution in [-0.4, -0.2) is 30.1 Å². The van der Waals surface area contributed by atoms with Crippen molar-refractivity contribution in [3.63, 3.8) is 0 Å². The van der Waals surface area contributed by atoms with Gasteiger partial charge < -0.3 is 15.2 Å². The lowest BCUT2D eigenvalue weighted by Gasteiger charge is -2.16. The fraction of sp³-hybridized carbons (Fsp3) is 0.333. The third-order valence-corrected chi connectivity index (χ3v) is 2.68. The predicted octanol–water partition coefficient (Wildman–Crippen LogP) is 1.27. The molecule has 98 valence electrons. The third kappa shape index (κ3) is 3.92. The molecular formula is C12H14ClNO4. The minimum Gasteiger partial charge on any atom is -0.508 e. The van der Waals surface area contributed by atoms with E-state index in [4.69, 9.17) is 11.6 Å². The summed E-state index contributed by atoms with van der Waals surface area (Å²) in [6, 6.07) is 3.63. The maximum Gasteiger partial charge on any atom is 0.328 e. The molecule has 0 radical (unpaired) electrons. The van der Waals surface area contributed by atoms with Gasteiger partial charge in [-0.1, -0.05) is 17.7 Å². The number of phenolic OH excluding ortho intramolecular Hbond substituents is 1. The number of phenols is 1. The van der Waals surface area contributed by atoms with Crippen LogP contribution in [0.3, 0.4) is 0 Å². The Kier molecular flexibility index (Phi) is 4.97. The van der Waals surface area contributed by atoms with E-state index in [0.717, 1.165) is 0 Å². The number of carbonyl (C=O) groups excluding carboxylic acids is 2. The predicted molar refractivity (Wildman–Crippen MR) is 66.4 cm³/mol. The molecule has 0 aromatic heterocycles. The first-order chi connectivity index (χ1) is 8.43. The Morgan fingerprint density at radius 3 is 2.67 bits per heavy atom. The van der Waals surface area contributed by atoms with E-state index in [1.54, 1.807) is 6.07 Å². The summed E-state index contributed by atoms with van der Waals surface area (Å²) in [4.78, 5) is 22.5. The number of carbonyl (C=O) groups is 2. The molecule has 0 aliphatic heterocycles. The van der Waals surface area contributed by atoms with Crippen molar-refractivity contribution in [2.45, 2.75) is 19.4 Å².